The Labute approximate surface area is 108 Å². The lowest BCUT2D eigenvalue weighted by molar-refractivity contribution is 0.0991. The van der Waals surface area contributed by atoms with Gasteiger partial charge in [0.2, 0.25) is 0 Å². The Kier molecular flexibility index (Phi) is 3.33. The van der Waals surface area contributed by atoms with Gasteiger partial charge in [-0.3, -0.25) is 4.79 Å². The summed E-state index contributed by atoms with van der Waals surface area (Å²) in [5, 5.41) is 0. The first kappa shape index (κ1) is 11.9. The number of amides is 1. The number of benzene rings is 1. The fraction of sp³-hybridized carbons (Fsp3) is 0.154. The number of anilines is 1. The van der Waals surface area contributed by atoms with Gasteiger partial charge in [0.05, 0.1) is 11.8 Å². The summed E-state index contributed by atoms with van der Waals surface area (Å²) in [5.41, 5.74) is 2.51. The van der Waals surface area contributed by atoms with Crippen molar-refractivity contribution in [3.8, 4) is 0 Å². The monoisotopic (exact) mass is 293 g/mol. The highest BCUT2D eigenvalue weighted by molar-refractivity contribution is 9.10. The zero-order valence-corrected chi connectivity index (χ0v) is 11.2. The molecule has 3 nitrogen and oxygen atoms in total. The van der Waals surface area contributed by atoms with E-state index < -0.39 is 0 Å². The second-order valence-corrected chi connectivity index (χ2v) is 4.53. The summed E-state index contributed by atoms with van der Waals surface area (Å²) >= 11 is 3.21. The summed E-state index contributed by atoms with van der Waals surface area (Å²) in [7, 11) is 1.75. The molecule has 0 aliphatic heterocycles. The fourth-order valence-electron chi connectivity index (χ4n) is 1.58. The quantitative estimate of drug-likeness (QED) is 0.847. The van der Waals surface area contributed by atoms with Crippen LogP contribution in [-0.4, -0.2) is 13.0 Å². The molecule has 1 heterocycles. The topological polar surface area (TPSA) is 33.5 Å². The Bertz CT molecular complexity index is 548. The van der Waals surface area contributed by atoms with E-state index in [1.165, 1.54) is 6.26 Å². The third kappa shape index (κ3) is 2.42. The Morgan fingerprint density at radius 1 is 1.35 bits per heavy atom. The molecule has 1 aromatic carbocycles. The molecule has 4 heteroatoms. The highest BCUT2D eigenvalue weighted by atomic mass is 79.9. The molecule has 0 atom stereocenters. The Hall–Kier alpha value is -1.55. The predicted molar refractivity (Wildman–Crippen MR) is 70.3 cm³/mol. The van der Waals surface area contributed by atoms with Crippen molar-refractivity contribution in [1.82, 2.24) is 0 Å². The van der Waals surface area contributed by atoms with Crippen molar-refractivity contribution in [2.75, 3.05) is 11.9 Å². The number of carbonyl (C=O) groups is 1. The molecule has 0 radical (unpaired) electrons. The summed E-state index contributed by atoms with van der Waals surface area (Å²) in [4.78, 5) is 13.8. The third-order valence-corrected chi connectivity index (χ3v) is 3.16. The van der Waals surface area contributed by atoms with Crippen molar-refractivity contribution in [2.24, 2.45) is 0 Å². The summed E-state index contributed by atoms with van der Waals surface area (Å²) in [6, 6.07) is 9.44. The molecule has 0 aliphatic rings. The van der Waals surface area contributed by atoms with Gasteiger partial charge >= 0.3 is 0 Å². The minimum absolute atomic E-state index is 0.101. The highest BCUT2D eigenvalue weighted by Gasteiger charge is 2.18. The lowest BCUT2D eigenvalue weighted by Crippen LogP contribution is -2.26. The zero-order chi connectivity index (χ0) is 12.4. The average molecular weight is 294 g/mol. The van der Waals surface area contributed by atoms with E-state index in [1.807, 2.05) is 31.2 Å². The van der Waals surface area contributed by atoms with E-state index in [-0.39, 0.29) is 5.91 Å². The molecule has 88 valence electrons. The maximum absolute atomic E-state index is 12.2. The fourth-order valence-corrected chi connectivity index (χ4v) is 1.99. The van der Waals surface area contributed by atoms with E-state index in [1.54, 1.807) is 18.0 Å². The van der Waals surface area contributed by atoms with Crippen LogP contribution >= 0.6 is 15.9 Å². The molecule has 1 amide bonds. The largest absolute Gasteiger partial charge is 0.457 e. The number of hydrogen-bond donors (Lipinski definition) is 0. The van der Waals surface area contributed by atoms with Gasteiger partial charge in [0, 0.05) is 12.7 Å². The van der Waals surface area contributed by atoms with Gasteiger partial charge in [-0.15, -0.1) is 0 Å². The second-order valence-electron chi connectivity index (χ2n) is 3.81. The second kappa shape index (κ2) is 4.75. The summed E-state index contributed by atoms with van der Waals surface area (Å²) in [5.74, 6) is -0.101. The number of aryl methyl sites for hydroxylation is 1. The van der Waals surface area contributed by atoms with E-state index in [0.29, 0.717) is 10.2 Å². The van der Waals surface area contributed by atoms with Crippen molar-refractivity contribution in [1.29, 1.82) is 0 Å². The van der Waals surface area contributed by atoms with Gasteiger partial charge in [-0.2, -0.15) is 0 Å². The van der Waals surface area contributed by atoms with Crippen LogP contribution in [0.5, 0.6) is 0 Å². The standard InChI is InChI=1S/C13H12BrNO2/c1-9-4-3-5-10(8-9)15(2)13(16)11-6-7-17-12(11)14/h3-8H,1-2H3. The van der Waals surface area contributed by atoms with Crippen LogP contribution in [0.4, 0.5) is 5.69 Å². The van der Waals surface area contributed by atoms with Crippen LogP contribution in [0.3, 0.4) is 0 Å². The first-order valence-corrected chi connectivity index (χ1v) is 5.96. The van der Waals surface area contributed by atoms with Gasteiger partial charge in [0.15, 0.2) is 4.67 Å². The van der Waals surface area contributed by atoms with Gasteiger partial charge in [-0.1, -0.05) is 12.1 Å². The third-order valence-electron chi connectivity index (χ3n) is 2.54. The molecule has 0 bridgehead atoms. The van der Waals surface area contributed by atoms with Gasteiger partial charge in [-0.05, 0) is 46.6 Å². The van der Waals surface area contributed by atoms with Crippen LogP contribution in [0.1, 0.15) is 15.9 Å². The Morgan fingerprint density at radius 3 is 2.71 bits per heavy atom. The van der Waals surface area contributed by atoms with Crippen molar-refractivity contribution < 1.29 is 9.21 Å². The molecular formula is C13H12BrNO2. The molecule has 0 spiro atoms. The van der Waals surface area contributed by atoms with Crippen LogP contribution in [0, 0.1) is 6.92 Å². The molecule has 1 aromatic heterocycles. The van der Waals surface area contributed by atoms with Gasteiger partial charge in [0.25, 0.3) is 5.91 Å². The number of furan rings is 1. The summed E-state index contributed by atoms with van der Waals surface area (Å²) in [6.45, 7) is 2.00. The van der Waals surface area contributed by atoms with Crippen LogP contribution in [0.15, 0.2) is 45.7 Å². The molecule has 0 saturated heterocycles. The Balaban J connectivity index is 2.30. The van der Waals surface area contributed by atoms with Crippen molar-refractivity contribution >= 4 is 27.5 Å². The molecule has 0 N–H and O–H groups in total. The van der Waals surface area contributed by atoms with Crippen LogP contribution in [0.2, 0.25) is 0 Å². The number of hydrogen-bond acceptors (Lipinski definition) is 2. The number of carbonyl (C=O) groups excluding carboxylic acids is 1. The zero-order valence-electron chi connectivity index (χ0n) is 9.61. The molecule has 2 aromatic rings. The van der Waals surface area contributed by atoms with E-state index in [0.717, 1.165) is 11.3 Å². The average Bonchev–Trinajstić information content (AvgIpc) is 2.73. The first-order valence-electron chi connectivity index (χ1n) is 5.17. The molecule has 0 unspecified atom stereocenters. The molecular weight excluding hydrogens is 282 g/mol. The highest BCUT2D eigenvalue weighted by Crippen LogP contribution is 2.22. The van der Waals surface area contributed by atoms with Crippen LogP contribution in [-0.2, 0) is 0 Å². The molecule has 2 rings (SSSR count). The van der Waals surface area contributed by atoms with Gasteiger partial charge in [-0.25, -0.2) is 0 Å². The molecule has 17 heavy (non-hydrogen) atoms. The number of nitrogens with zero attached hydrogens (tertiary/aromatic N) is 1. The maximum Gasteiger partial charge on any atom is 0.262 e. The summed E-state index contributed by atoms with van der Waals surface area (Å²) < 4.78 is 5.52. The van der Waals surface area contributed by atoms with Crippen LogP contribution in [0.25, 0.3) is 0 Å². The van der Waals surface area contributed by atoms with E-state index in [2.05, 4.69) is 15.9 Å². The predicted octanol–water partition coefficient (Wildman–Crippen LogP) is 3.63. The Morgan fingerprint density at radius 2 is 2.12 bits per heavy atom. The maximum atomic E-state index is 12.2. The molecule has 0 aliphatic carbocycles. The minimum atomic E-state index is -0.101. The lowest BCUT2D eigenvalue weighted by atomic mass is 10.2. The number of halogens is 1. The first-order chi connectivity index (χ1) is 8.09. The van der Waals surface area contributed by atoms with Gasteiger partial charge < -0.3 is 9.32 Å². The van der Waals surface area contributed by atoms with E-state index in [4.69, 9.17) is 4.42 Å². The van der Waals surface area contributed by atoms with Crippen LogP contribution < -0.4 is 4.90 Å². The summed E-state index contributed by atoms with van der Waals surface area (Å²) in [6.07, 6.45) is 1.49. The minimum Gasteiger partial charge on any atom is -0.457 e. The van der Waals surface area contributed by atoms with Crippen molar-refractivity contribution in [3.05, 3.63) is 52.4 Å². The SMILES string of the molecule is Cc1cccc(N(C)C(=O)c2ccoc2Br)c1. The lowest BCUT2D eigenvalue weighted by Gasteiger charge is -2.17. The molecule has 0 fully saturated rings. The van der Waals surface area contributed by atoms with Crippen molar-refractivity contribution in [3.63, 3.8) is 0 Å². The van der Waals surface area contributed by atoms with E-state index >= 15 is 0 Å². The smallest absolute Gasteiger partial charge is 0.262 e. The number of rotatable bonds is 2. The molecule has 0 saturated carbocycles. The van der Waals surface area contributed by atoms with E-state index in [9.17, 15) is 4.79 Å². The normalized spacial score (nSPS) is 10.3. The van der Waals surface area contributed by atoms with Crippen molar-refractivity contribution in [2.45, 2.75) is 6.92 Å². The van der Waals surface area contributed by atoms with Gasteiger partial charge in [0.1, 0.15) is 0 Å².